The zero-order chi connectivity index (χ0) is 18.7. The molecule has 0 aliphatic heterocycles. The van der Waals surface area contributed by atoms with Crippen LogP contribution in [0.2, 0.25) is 0 Å². The molecule has 3 rings (SSSR count). The van der Waals surface area contributed by atoms with E-state index in [0.29, 0.717) is 11.1 Å². The summed E-state index contributed by atoms with van der Waals surface area (Å²) in [7, 11) is 0. The van der Waals surface area contributed by atoms with Gasteiger partial charge in [-0.05, 0) is 61.4 Å². The third kappa shape index (κ3) is 3.28. The van der Waals surface area contributed by atoms with Crippen molar-refractivity contribution in [3.8, 4) is 11.8 Å². The average Bonchev–Trinajstić information content (AvgIpc) is 2.93. The molecule has 26 heavy (non-hydrogen) atoms. The molecule has 0 unspecified atom stereocenters. The average molecular weight is 342 g/mol. The maximum Gasteiger partial charge on any atom is 0.335 e. The SMILES string of the molecule is Cc1cc(/C=C(\C#N)c2ccc(C(=O)O)cc2)c(C)n1-c1ccccc1. The number of rotatable bonds is 4. The first-order chi connectivity index (χ1) is 12.5. The van der Waals surface area contributed by atoms with Crippen LogP contribution in [0.5, 0.6) is 0 Å². The van der Waals surface area contributed by atoms with Crippen LogP contribution in [-0.4, -0.2) is 15.6 Å². The van der Waals surface area contributed by atoms with Gasteiger partial charge in [-0.3, -0.25) is 0 Å². The Morgan fingerprint density at radius 1 is 1.04 bits per heavy atom. The zero-order valence-electron chi connectivity index (χ0n) is 14.6. The zero-order valence-corrected chi connectivity index (χ0v) is 14.6. The smallest absolute Gasteiger partial charge is 0.335 e. The number of aryl methyl sites for hydroxylation is 1. The quantitative estimate of drug-likeness (QED) is 0.689. The van der Waals surface area contributed by atoms with Gasteiger partial charge in [-0.15, -0.1) is 0 Å². The molecule has 0 amide bonds. The van der Waals surface area contributed by atoms with E-state index >= 15 is 0 Å². The van der Waals surface area contributed by atoms with Gasteiger partial charge < -0.3 is 9.67 Å². The Hall–Kier alpha value is -3.58. The Kier molecular flexibility index (Phi) is 4.72. The van der Waals surface area contributed by atoms with Crippen LogP contribution in [-0.2, 0) is 0 Å². The maximum atomic E-state index is 11.0. The molecule has 128 valence electrons. The molecule has 1 heterocycles. The molecule has 0 saturated carbocycles. The van der Waals surface area contributed by atoms with Gasteiger partial charge in [-0.1, -0.05) is 30.3 Å². The number of benzene rings is 2. The summed E-state index contributed by atoms with van der Waals surface area (Å²) in [6.45, 7) is 4.05. The monoisotopic (exact) mass is 342 g/mol. The highest BCUT2D eigenvalue weighted by Gasteiger charge is 2.11. The number of carbonyl (C=O) groups is 1. The molecule has 0 radical (unpaired) electrons. The summed E-state index contributed by atoms with van der Waals surface area (Å²) >= 11 is 0. The van der Waals surface area contributed by atoms with Gasteiger partial charge in [0.25, 0.3) is 0 Å². The van der Waals surface area contributed by atoms with E-state index in [1.165, 1.54) is 12.1 Å². The van der Waals surface area contributed by atoms with Gasteiger partial charge in [0.05, 0.1) is 17.2 Å². The summed E-state index contributed by atoms with van der Waals surface area (Å²) in [5.41, 5.74) is 5.56. The van der Waals surface area contributed by atoms with Crippen molar-refractivity contribution in [3.63, 3.8) is 0 Å². The summed E-state index contributed by atoms with van der Waals surface area (Å²) in [4.78, 5) is 11.0. The van der Waals surface area contributed by atoms with E-state index in [9.17, 15) is 10.1 Å². The highest BCUT2D eigenvalue weighted by atomic mass is 16.4. The fourth-order valence-electron chi connectivity index (χ4n) is 3.04. The van der Waals surface area contributed by atoms with Crippen LogP contribution in [0.15, 0.2) is 60.7 Å². The first-order valence-electron chi connectivity index (χ1n) is 8.21. The molecular weight excluding hydrogens is 324 g/mol. The molecule has 4 heteroatoms. The predicted molar refractivity (Wildman–Crippen MR) is 102 cm³/mol. The predicted octanol–water partition coefficient (Wildman–Crippen LogP) is 4.86. The number of carboxylic acid groups (broad SMARTS) is 1. The molecule has 0 aliphatic rings. The fraction of sp³-hybridized carbons (Fsp3) is 0.0909. The molecule has 0 saturated heterocycles. The van der Waals surface area contributed by atoms with E-state index in [-0.39, 0.29) is 5.56 Å². The van der Waals surface area contributed by atoms with Crippen LogP contribution in [0, 0.1) is 25.2 Å². The van der Waals surface area contributed by atoms with Gasteiger partial charge >= 0.3 is 5.97 Å². The standard InChI is InChI=1S/C22H18N2O2/c1-15-12-19(16(2)24(15)21-6-4-3-5-7-21)13-20(14-23)17-8-10-18(11-9-17)22(25)26/h3-13H,1-2H3,(H,25,26)/b20-13+. The highest BCUT2D eigenvalue weighted by Crippen LogP contribution is 2.25. The van der Waals surface area contributed by atoms with Crippen LogP contribution in [0.25, 0.3) is 17.3 Å². The van der Waals surface area contributed by atoms with Crippen LogP contribution in [0.4, 0.5) is 0 Å². The fourth-order valence-corrected chi connectivity index (χ4v) is 3.04. The molecule has 2 aromatic carbocycles. The van der Waals surface area contributed by atoms with Crippen molar-refractivity contribution in [1.29, 1.82) is 5.26 Å². The van der Waals surface area contributed by atoms with Crippen molar-refractivity contribution >= 4 is 17.6 Å². The lowest BCUT2D eigenvalue weighted by molar-refractivity contribution is 0.0697. The second kappa shape index (κ2) is 7.12. The molecule has 3 aromatic rings. The number of carboxylic acids is 1. The van der Waals surface area contributed by atoms with E-state index < -0.39 is 5.97 Å². The van der Waals surface area contributed by atoms with Crippen molar-refractivity contribution in [2.75, 3.05) is 0 Å². The lowest BCUT2D eigenvalue weighted by Crippen LogP contribution is -1.98. The lowest BCUT2D eigenvalue weighted by Gasteiger charge is -2.09. The summed E-state index contributed by atoms with van der Waals surface area (Å²) in [5.74, 6) is -0.981. The Morgan fingerprint density at radius 3 is 2.23 bits per heavy atom. The number of hydrogen-bond acceptors (Lipinski definition) is 2. The number of aromatic carboxylic acids is 1. The lowest BCUT2D eigenvalue weighted by atomic mass is 10.0. The van der Waals surface area contributed by atoms with Gasteiger partial charge in [0, 0.05) is 17.1 Å². The molecule has 0 atom stereocenters. The minimum Gasteiger partial charge on any atom is -0.478 e. The number of aromatic nitrogens is 1. The molecule has 0 aliphatic carbocycles. The summed E-state index contributed by atoms with van der Waals surface area (Å²) in [5, 5.41) is 18.6. The molecule has 4 nitrogen and oxygen atoms in total. The van der Waals surface area contributed by atoms with Crippen LogP contribution in [0.1, 0.15) is 32.9 Å². The van der Waals surface area contributed by atoms with Crippen molar-refractivity contribution < 1.29 is 9.90 Å². The Bertz CT molecular complexity index is 1020. The van der Waals surface area contributed by atoms with E-state index in [2.05, 4.69) is 10.6 Å². The maximum absolute atomic E-state index is 11.0. The van der Waals surface area contributed by atoms with Gasteiger partial charge in [-0.25, -0.2) is 4.79 Å². The van der Waals surface area contributed by atoms with Crippen molar-refractivity contribution in [3.05, 3.63) is 88.7 Å². The normalized spacial score (nSPS) is 11.2. The Labute approximate surface area is 152 Å². The third-order valence-electron chi connectivity index (χ3n) is 4.35. The highest BCUT2D eigenvalue weighted by molar-refractivity contribution is 5.92. The Morgan fingerprint density at radius 2 is 1.65 bits per heavy atom. The first-order valence-corrected chi connectivity index (χ1v) is 8.21. The number of allylic oxidation sites excluding steroid dienone is 1. The summed E-state index contributed by atoms with van der Waals surface area (Å²) in [6, 6.07) is 20.7. The van der Waals surface area contributed by atoms with Crippen LogP contribution in [0.3, 0.4) is 0 Å². The van der Waals surface area contributed by atoms with Gasteiger partial charge in [0.2, 0.25) is 0 Å². The molecule has 0 bridgehead atoms. The summed E-state index contributed by atoms with van der Waals surface area (Å²) in [6.07, 6.45) is 1.84. The van der Waals surface area contributed by atoms with Gasteiger partial charge in [0.15, 0.2) is 0 Å². The molecule has 1 N–H and O–H groups in total. The molecule has 1 aromatic heterocycles. The molecule has 0 fully saturated rings. The van der Waals surface area contributed by atoms with Crippen molar-refractivity contribution in [2.45, 2.75) is 13.8 Å². The number of para-hydroxylation sites is 1. The topological polar surface area (TPSA) is 66.0 Å². The van der Waals surface area contributed by atoms with Crippen LogP contribution < -0.4 is 0 Å². The minimum absolute atomic E-state index is 0.202. The third-order valence-corrected chi connectivity index (χ3v) is 4.35. The number of nitrogens with zero attached hydrogens (tertiary/aromatic N) is 2. The van der Waals surface area contributed by atoms with Crippen molar-refractivity contribution in [2.24, 2.45) is 0 Å². The van der Waals surface area contributed by atoms with Crippen LogP contribution >= 0.6 is 0 Å². The second-order valence-corrected chi connectivity index (χ2v) is 6.05. The summed E-state index contributed by atoms with van der Waals surface area (Å²) < 4.78 is 2.15. The van der Waals surface area contributed by atoms with E-state index in [1.54, 1.807) is 12.1 Å². The number of nitriles is 1. The largest absolute Gasteiger partial charge is 0.478 e. The first kappa shape index (κ1) is 17.2. The second-order valence-electron chi connectivity index (χ2n) is 6.05. The van der Waals surface area contributed by atoms with E-state index in [0.717, 1.165) is 22.6 Å². The van der Waals surface area contributed by atoms with E-state index in [1.807, 2.05) is 56.3 Å². The Balaban J connectivity index is 2.03. The van der Waals surface area contributed by atoms with Crippen molar-refractivity contribution in [1.82, 2.24) is 4.57 Å². The molecular formula is C22H18N2O2. The van der Waals surface area contributed by atoms with E-state index in [4.69, 9.17) is 5.11 Å². The molecule has 0 spiro atoms. The number of hydrogen-bond donors (Lipinski definition) is 1. The minimum atomic E-state index is -0.981. The van der Waals surface area contributed by atoms with Gasteiger partial charge in [0.1, 0.15) is 0 Å². The van der Waals surface area contributed by atoms with Gasteiger partial charge in [-0.2, -0.15) is 5.26 Å².